The zero-order chi connectivity index (χ0) is 18.1. The maximum atomic E-state index is 12.1. The molecule has 1 aliphatic heterocycles. The van der Waals surface area contributed by atoms with E-state index < -0.39 is 0 Å². The van der Waals surface area contributed by atoms with E-state index in [1.807, 2.05) is 31.7 Å². The minimum absolute atomic E-state index is 0.0509. The highest BCUT2D eigenvalue weighted by molar-refractivity contribution is 5.74. The van der Waals surface area contributed by atoms with Crippen molar-refractivity contribution in [1.82, 2.24) is 24.9 Å². The number of urea groups is 1. The van der Waals surface area contributed by atoms with Crippen molar-refractivity contribution in [2.45, 2.75) is 20.8 Å². The Kier molecular flexibility index (Phi) is 4.61. The fraction of sp³-hybridized carbons (Fsp3) is 0.529. The molecule has 0 aromatic carbocycles. The van der Waals surface area contributed by atoms with E-state index in [4.69, 9.17) is 4.52 Å². The van der Waals surface area contributed by atoms with Gasteiger partial charge in [-0.2, -0.15) is 0 Å². The van der Waals surface area contributed by atoms with Crippen LogP contribution >= 0.6 is 0 Å². The van der Waals surface area contributed by atoms with Gasteiger partial charge >= 0.3 is 6.03 Å². The Labute approximate surface area is 147 Å². The van der Waals surface area contributed by atoms with Crippen molar-refractivity contribution in [3.8, 4) is 11.3 Å². The third kappa shape index (κ3) is 3.42. The number of aryl methyl sites for hydroxylation is 3. The van der Waals surface area contributed by atoms with Crippen molar-refractivity contribution in [3.63, 3.8) is 0 Å². The summed E-state index contributed by atoms with van der Waals surface area (Å²) in [7, 11) is 3.55. The van der Waals surface area contributed by atoms with E-state index in [1.165, 1.54) is 0 Å². The molecule has 1 fully saturated rings. The summed E-state index contributed by atoms with van der Waals surface area (Å²) < 4.78 is 5.26. The second-order valence-corrected chi connectivity index (χ2v) is 6.51. The normalized spacial score (nSPS) is 14.8. The molecule has 134 valence electrons. The van der Waals surface area contributed by atoms with Gasteiger partial charge < -0.3 is 19.2 Å². The van der Waals surface area contributed by atoms with E-state index >= 15 is 0 Å². The molecule has 0 spiro atoms. The average molecular weight is 344 g/mol. The molecule has 3 rings (SSSR count). The Morgan fingerprint density at radius 1 is 1.12 bits per heavy atom. The number of rotatable bonds is 2. The van der Waals surface area contributed by atoms with E-state index in [9.17, 15) is 4.79 Å². The Bertz CT molecular complexity index is 758. The highest BCUT2D eigenvalue weighted by Gasteiger charge is 2.24. The first-order valence-corrected chi connectivity index (χ1v) is 8.37. The van der Waals surface area contributed by atoms with E-state index in [1.54, 1.807) is 19.0 Å². The molecule has 2 aromatic rings. The van der Waals surface area contributed by atoms with Crippen LogP contribution in [0.5, 0.6) is 0 Å². The zero-order valence-electron chi connectivity index (χ0n) is 15.4. The molecule has 8 nitrogen and oxygen atoms in total. The first kappa shape index (κ1) is 17.2. The summed E-state index contributed by atoms with van der Waals surface area (Å²) in [5.74, 6) is 2.33. The largest absolute Gasteiger partial charge is 0.361 e. The lowest BCUT2D eigenvalue weighted by Crippen LogP contribution is -2.51. The lowest BCUT2D eigenvalue weighted by Gasteiger charge is -2.36. The average Bonchev–Trinajstić information content (AvgIpc) is 2.92. The van der Waals surface area contributed by atoms with Crippen molar-refractivity contribution in [2.75, 3.05) is 45.2 Å². The second kappa shape index (κ2) is 6.70. The molecular formula is C17H24N6O2. The van der Waals surface area contributed by atoms with Crippen LogP contribution in [-0.2, 0) is 0 Å². The maximum absolute atomic E-state index is 12.1. The molecule has 0 aliphatic carbocycles. The summed E-state index contributed by atoms with van der Waals surface area (Å²) in [5, 5.41) is 4.01. The summed E-state index contributed by atoms with van der Waals surface area (Å²) in [5.41, 5.74) is 2.57. The van der Waals surface area contributed by atoms with Crippen LogP contribution in [0.3, 0.4) is 0 Å². The van der Waals surface area contributed by atoms with Gasteiger partial charge in [0.2, 0.25) is 0 Å². The molecule has 0 radical (unpaired) electrons. The summed E-state index contributed by atoms with van der Waals surface area (Å²) in [6.07, 6.45) is 0. The second-order valence-electron chi connectivity index (χ2n) is 6.51. The number of anilines is 1. The monoisotopic (exact) mass is 344 g/mol. The Balaban J connectivity index is 1.82. The van der Waals surface area contributed by atoms with Gasteiger partial charge in [-0.3, -0.25) is 0 Å². The molecule has 1 saturated heterocycles. The van der Waals surface area contributed by atoms with E-state index in [0.717, 1.165) is 41.6 Å². The highest BCUT2D eigenvalue weighted by atomic mass is 16.5. The van der Waals surface area contributed by atoms with Crippen molar-refractivity contribution >= 4 is 11.8 Å². The number of hydrogen-bond donors (Lipinski definition) is 0. The van der Waals surface area contributed by atoms with Gasteiger partial charge in [0, 0.05) is 46.3 Å². The summed E-state index contributed by atoms with van der Waals surface area (Å²) in [4.78, 5) is 26.9. The van der Waals surface area contributed by atoms with Gasteiger partial charge in [0.25, 0.3) is 0 Å². The quantitative estimate of drug-likeness (QED) is 0.827. The molecule has 0 atom stereocenters. The number of hydrogen-bond acceptors (Lipinski definition) is 6. The number of amides is 2. The lowest BCUT2D eigenvalue weighted by molar-refractivity contribution is 0.168. The van der Waals surface area contributed by atoms with Crippen molar-refractivity contribution in [2.24, 2.45) is 0 Å². The van der Waals surface area contributed by atoms with Crippen LogP contribution < -0.4 is 4.90 Å². The first-order chi connectivity index (χ1) is 11.9. The van der Waals surface area contributed by atoms with Crippen molar-refractivity contribution < 1.29 is 9.32 Å². The molecule has 25 heavy (non-hydrogen) atoms. The topological polar surface area (TPSA) is 78.6 Å². The number of carbonyl (C=O) groups is 1. The molecule has 0 bridgehead atoms. The molecular weight excluding hydrogens is 320 g/mol. The number of piperazine rings is 1. The minimum Gasteiger partial charge on any atom is -0.361 e. The maximum Gasteiger partial charge on any atom is 0.319 e. The Hall–Kier alpha value is -2.64. The van der Waals surface area contributed by atoms with Gasteiger partial charge in [-0.25, -0.2) is 14.8 Å². The van der Waals surface area contributed by atoms with Crippen LogP contribution in [-0.4, -0.2) is 71.2 Å². The van der Waals surface area contributed by atoms with E-state index in [2.05, 4.69) is 20.0 Å². The van der Waals surface area contributed by atoms with E-state index in [-0.39, 0.29) is 6.03 Å². The molecule has 8 heteroatoms. The van der Waals surface area contributed by atoms with Gasteiger partial charge in [0.05, 0.1) is 17.0 Å². The Morgan fingerprint density at radius 3 is 2.36 bits per heavy atom. The summed E-state index contributed by atoms with van der Waals surface area (Å²) in [6, 6.07) is 2.03. The van der Waals surface area contributed by atoms with Crippen LogP contribution in [0.25, 0.3) is 11.3 Å². The minimum atomic E-state index is 0.0509. The van der Waals surface area contributed by atoms with E-state index in [0.29, 0.717) is 18.9 Å². The van der Waals surface area contributed by atoms with Gasteiger partial charge in [0.1, 0.15) is 17.4 Å². The van der Waals surface area contributed by atoms with Gasteiger partial charge in [-0.15, -0.1) is 0 Å². The SMILES string of the molecule is Cc1nc(-c2c(C)noc2C)cc(N2CCN(C(=O)N(C)C)CC2)n1. The van der Waals surface area contributed by atoms with Crippen LogP contribution in [0.4, 0.5) is 10.6 Å². The number of carbonyl (C=O) groups excluding carboxylic acids is 1. The summed E-state index contributed by atoms with van der Waals surface area (Å²) in [6.45, 7) is 8.54. The van der Waals surface area contributed by atoms with Gasteiger partial charge in [-0.05, 0) is 20.8 Å². The number of aromatic nitrogens is 3. The highest BCUT2D eigenvalue weighted by Crippen LogP contribution is 2.28. The van der Waals surface area contributed by atoms with Crippen LogP contribution in [0.2, 0.25) is 0 Å². The third-order valence-electron chi connectivity index (χ3n) is 4.37. The van der Waals surface area contributed by atoms with Crippen LogP contribution in [0, 0.1) is 20.8 Å². The standard InChI is InChI=1S/C17H24N6O2/c1-11-16(12(2)25-20-11)14-10-15(19-13(3)18-14)22-6-8-23(9-7-22)17(24)21(4)5/h10H,6-9H2,1-5H3. The predicted molar refractivity (Wildman–Crippen MR) is 94.6 cm³/mol. The molecule has 2 amide bonds. The lowest BCUT2D eigenvalue weighted by atomic mass is 10.1. The number of nitrogens with zero attached hydrogens (tertiary/aromatic N) is 6. The molecule has 2 aromatic heterocycles. The zero-order valence-corrected chi connectivity index (χ0v) is 15.4. The van der Waals surface area contributed by atoms with Crippen molar-refractivity contribution in [1.29, 1.82) is 0 Å². The first-order valence-electron chi connectivity index (χ1n) is 8.37. The predicted octanol–water partition coefficient (Wildman–Crippen LogP) is 1.86. The third-order valence-corrected chi connectivity index (χ3v) is 4.37. The van der Waals surface area contributed by atoms with Gasteiger partial charge in [0.15, 0.2) is 0 Å². The molecule has 3 heterocycles. The fourth-order valence-electron chi connectivity index (χ4n) is 3.10. The smallest absolute Gasteiger partial charge is 0.319 e. The van der Waals surface area contributed by atoms with Crippen molar-refractivity contribution in [3.05, 3.63) is 23.3 Å². The molecule has 1 aliphatic rings. The molecule has 0 unspecified atom stereocenters. The van der Waals surface area contributed by atoms with Gasteiger partial charge in [-0.1, -0.05) is 5.16 Å². The summed E-state index contributed by atoms with van der Waals surface area (Å²) >= 11 is 0. The molecule has 0 saturated carbocycles. The fourth-order valence-corrected chi connectivity index (χ4v) is 3.10. The van der Waals surface area contributed by atoms with Crippen LogP contribution in [0.1, 0.15) is 17.3 Å². The van der Waals surface area contributed by atoms with Crippen LogP contribution in [0.15, 0.2) is 10.6 Å². The molecule has 0 N–H and O–H groups in total. The Morgan fingerprint density at radius 2 is 1.80 bits per heavy atom.